The lowest BCUT2D eigenvalue weighted by Crippen LogP contribution is -2.29. The van der Waals surface area contributed by atoms with Gasteiger partial charge in [-0.05, 0) is 25.0 Å². The summed E-state index contributed by atoms with van der Waals surface area (Å²) in [7, 11) is 0. The number of nitrogens with one attached hydrogen (secondary N) is 1. The van der Waals surface area contributed by atoms with E-state index in [2.05, 4.69) is 10.3 Å². The summed E-state index contributed by atoms with van der Waals surface area (Å²) < 4.78 is 0. The van der Waals surface area contributed by atoms with Gasteiger partial charge in [-0.2, -0.15) is 0 Å². The van der Waals surface area contributed by atoms with Crippen molar-refractivity contribution in [3.63, 3.8) is 0 Å². The fourth-order valence-electron chi connectivity index (χ4n) is 1.53. The van der Waals surface area contributed by atoms with Gasteiger partial charge >= 0.3 is 0 Å². The molecule has 0 aromatic carbocycles. The maximum Gasteiger partial charge on any atom is 0.228 e. The molecule has 1 rings (SSSR count). The molecule has 88 valence electrons. The third-order valence-corrected chi connectivity index (χ3v) is 2.59. The molecule has 0 radical (unpaired) electrons. The molecule has 1 unspecified atom stereocenters. The molecule has 1 atom stereocenters. The Balaban J connectivity index is 2.66. The predicted octanol–water partition coefficient (Wildman–Crippen LogP) is 1.70. The third kappa shape index (κ3) is 3.31. The van der Waals surface area contributed by atoms with Gasteiger partial charge in [-0.3, -0.25) is 9.78 Å². The molecule has 1 heterocycles. The summed E-state index contributed by atoms with van der Waals surface area (Å²) in [5, 5.41) is 2.86. The number of nitrogens with zero attached hydrogens (tertiary/aromatic N) is 1. The van der Waals surface area contributed by atoms with E-state index in [1.807, 2.05) is 19.9 Å². The van der Waals surface area contributed by atoms with Crippen LogP contribution >= 0.6 is 0 Å². The Kier molecular flexibility index (Phi) is 4.92. The number of amides is 1. The average molecular weight is 221 g/mol. The van der Waals surface area contributed by atoms with Crippen LogP contribution in [0.4, 0.5) is 5.69 Å². The van der Waals surface area contributed by atoms with E-state index in [4.69, 9.17) is 5.73 Å². The third-order valence-electron chi connectivity index (χ3n) is 2.59. The largest absolute Gasteiger partial charge is 0.330 e. The van der Waals surface area contributed by atoms with Crippen molar-refractivity contribution in [1.29, 1.82) is 0 Å². The van der Waals surface area contributed by atoms with Crippen LogP contribution in [0.25, 0.3) is 0 Å². The minimum atomic E-state index is -0.107. The van der Waals surface area contributed by atoms with Gasteiger partial charge < -0.3 is 11.1 Å². The quantitative estimate of drug-likeness (QED) is 0.795. The molecule has 1 aromatic rings. The van der Waals surface area contributed by atoms with E-state index in [0.29, 0.717) is 6.54 Å². The fraction of sp³-hybridized carbons (Fsp3) is 0.500. The van der Waals surface area contributed by atoms with Crippen LogP contribution < -0.4 is 11.1 Å². The van der Waals surface area contributed by atoms with Crippen molar-refractivity contribution >= 4 is 11.6 Å². The number of nitrogens with two attached hydrogens (primary N) is 1. The molecule has 0 spiro atoms. The SMILES string of the molecule is CCCC(CN)C(=O)Nc1cnccc1C. The minimum Gasteiger partial charge on any atom is -0.330 e. The van der Waals surface area contributed by atoms with Gasteiger partial charge in [0.2, 0.25) is 5.91 Å². The lowest BCUT2D eigenvalue weighted by molar-refractivity contribution is -0.119. The second kappa shape index (κ2) is 6.23. The summed E-state index contributed by atoms with van der Waals surface area (Å²) in [5.74, 6) is -0.120. The van der Waals surface area contributed by atoms with Crippen molar-refractivity contribution in [1.82, 2.24) is 4.98 Å². The molecule has 0 aliphatic carbocycles. The van der Waals surface area contributed by atoms with E-state index in [9.17, 15) is 4.79 Å². The molecule has 0 aliphatic heterocycles. The first-order chi connectivity index (χ1) is 7.69. The molecule has 0 aliphatic rings. The predicted molar refractivity (Wildman–Crippen MR) is 65.1 cm³/mol. The molecule has 1 amide bonds. The van der Waals surface area contributed by atoms with Crippen LogP contribution in [0.1, 0.15) is 25.3 Å². The Morgan fingerprint density at radius 2 is 2.38 bits per heavy atom. The van der Waals surface area contributed by atoms with Crippen LogP contribution in [0.5, 0.6) is 0 Å². The molecule has 0 saturated heterocycles. The number of rotatable bonds is 5. The van der Waals surface area contributed by atoms with Crippen LogP contribution in [0.15, 0.2) is 18.5 Å². The first-order valence-electron chi connectivity index (χ1n) is 5.60. The van der Waals surface area contributed by atoms with Crippen LogP contribution in [0.2, 0.25) is 0 Å². The van der Waals surface area contributed by atoms with Gasteiger partial charge in [0, 0.05) is 12.7 Å². The highest BCUT2D eigenvalue weighted by atomic mass is 16.1. The zero-order valence-electron chi connectivity index (χ0n) is 9.86. The van der Waals surface area contributed by atoms with Gasteiger partial charge in [0.15, 0.2) is 0 Å². The summed E-state index contributed by atoms with van der Waals surface area (Å²) in [4.78, 5) is 15.9. The van der Waals surface area contributed by atoms with Crippen LogP contribution in [-0.2, 0) is 4.79 Å². The van der Waals surface area contributed by atoms with Crippen molar-refractivity contribution in [3.05, 3.63) is 24.0 Å². The summed E-state index contributed by atoms with van der Waals surface area (Å²) in [6.45, 7) is 4.37. The maximum atomic E-state index is 11.9. The van der Waals surface area contributed by atoms with Gasteiger partial charge in [0.05, 0.1) is 17.8 Å². The molecule has 4 nitrogen and oxygen atoms in total. The molecule has 16 heavy (non-hydrogen) atoms. The van der Waals surface area contributed by atoms with Crippen molar-refractivity contribution in [2.24, 2.45) is 11.7 Å². The number of hydrogen-bond acceptors (Lipinski definition) is 3. The summed E-state index contributed by atoms with van der Waals surface area (Å²) in [6, 6.07) is 1.87. The van der Waals surface area contributed by atoms with Gasteiger partial charge in [0.25, 0.3) is 0 Å². The maximum absolute atomic E-state index is 11.9. The fourth-order valence-corrected chi connectivity index (χ4v) is 1.53. The molecule has 0 saturated carbocycles. The molecule has 0 bridgehead atoms. The number of hydrogen-bond donors (Lipinski definition) is 2. The second-order valence-electron chi connectivity index (χ2n) is 3.90. The number of pyridine rings is 1. The first-order valence-corrected chi connectivity index (χ1v) is 5.60. The number of aromatic nitrogens is 1. The van der Waals surface area contributed by atoms with Gasteiger partial charge in [0.1, 0.15) is 0 Å². The lowest BCUT2D eigenvalue weighted by Gasteiger charge is -2.14. The van der Waals surface area contributed by atoms with Gasteiger partial charge in [-0.15, -0.1) is 0 Å². The van der Waals surface area contributed by atoms with E-state index < -0.39 is 0 Å². The van der Waals surface area contributed by atoms with E-state index in [1.54, 1.807) is 12.4 Å². The smallest absolute Gasteiger partial charge is 0.228 e. The van der Waals surface area contributed by atoms with E-state index in [-0.39, 0.29) is 11.8 Å². The van der Waals surface area contributed by atoms with Crippen LogP contribution in [-0.4, -0.2) is 17.4 Å². The molecular formula is C12H19N3O. The summed E-state index contributed by atoms with van der Waals surface area (Å²) in [5.41, 5.74) is 7.35. The Hall–Kier alpha value is -1.42. The Morgan fingerprint density at radius 1 is 1.62 bits per heavy atom. The Bertz CT molecular complexity index is 352. The monoisotopic (exact) mass is 221 g/mol. The summed E-state index contributed by atoms with van der Waals surface area (Å²) in [6.07, 6.45) is 5.15. The van der Waals surface area contributed by atoms with Crippen molar-refractivity contribution in [2.75, 3.05) is 11.9 Å². The van der Waals surface area contributed by atoms with Gasteiger partial charge in [-0.1, -0.05) is 13.3 Å². The highest BCUT2D eigenvalue weighted by Crippen LogP contribution is 2.14. The first kappa shape index (κ1) is 12.6. The topological polar surface area (TPSA) is 68.0 Å². The van der Waals surface area contributed by atoms with E-state index >= 15 is 0 Å². The summed E-state index contributed by atoms with van der Waals surface area (Å²) >= 11 is 0. The zero-order chi connectivity index (χ0) is 12.0. The minimum absolute atomic E-state index is 0.0135. The lowest BCUT2D eigenvalue weighted by atomic mass is 10.0. The number of carbonyl (C=O) groups excluding carboxylic acids is 1. The second-order valence-corrected chi connectivity index (χ2v) is 3.90. The van der Waals surface area contributed by atoms with Gasteiger partial charge in [-0.25, -0.2) is 0 Å². The van der Waals surface area contributed by atoms with E-state index in [1.165, 1.54) is 0 Å². The molecule has 0 fully saturated rings. The normalized spacial score (nSPS) is 12.2. The Labute approximate surface area is 96.3 Å². The van der Waals surface area contributed by atoms with Crippen molar-refractivity contribution in [3.8, 4) is 0 Å². The molecular weight excluding hydrogens is 202 g/mol. The highest BCUT2D eigenvalue weighted by molar-refractivity contribution is 5.93. The van der Waals surface area contributed by atoms with Crippen molar-refractivity contribution < 1.29 is 4.79 Å². The standard InChI is InChI=1S/C12H19N3O/c1-3-4-10(7-13)12(16)15-11-8-14-6-5-9(11)2/h5-6,8,10H,3-4,7,13H2,1-2H3,(H,15,16). The number of carbonyl (C=O) groups is 1. The van der Waals surface area contributed by atoms with Crippen LogP contribution in [0, 0.1) is 12.8 Å². The van der Waals surface area contributed by atoms with E-state index in [0.717, 1.165) is 24.1 Å². The average Bonchev–Trinajstić information content (AvgIpc) is 2.29. The molecule has 1 aromatic heterocycles. The number of aryl methyl sites for hydroxylation is 1. The zero-order valence-corrected chi connectivity index (χ0v) is 9.86. The molecule has 4 heteroatoms. The van der Waals surface area contributed by atoms with Crippen molar-refractivity contribution in [2.45, 2.75) is 26.7 Å². The highest BCUT2D eigenvalue weighted by Gasteiger charge is 2.16. The Morgan fingerprint density at radius 3 is 2.94 bits per heavy atom. The molecule has 3 N–H and O–H groups in total. The van der Waals surface area contributed by atoms with Crippen LogP contribution in [0.3, 0.4) is 0 Å². The number of anilines is 1.